The van der Waals surface area contributed by atoms with Crippen LogP contribution in [-0.2, 0) is 9.59 Å². The number of carboxylic acid groups (broad SMARTS) is 1. The molecular formula is C12H24N2O3. The molecule has 4 N–H and O–H groups in total. The molecule has 0 heterocycles. The second-order valence-electron chi connectivity index (χ2n) is 4.26. The Labute approximate surface area is 103 Å². The summed E-state index contributed by atoms with van der Waals surface area (Å²) in [4.78, 5) is 21.6. The fourth-order valence-electron chi connectivity index (χ4n) is 1.53. The van der Waals surface area contributed by atoms with E-state index < -0.39 is 12.0 Å². The number of unbranched alkanes of at least 4 members (excludes halogenated alkanes) is 5. The summed E-state index contributed by atoms with van der Waals surface area (Å²) in [5, 5.41) is 11.1. The Morgan fingerprint density at radius 2 is 1.76 bits per heavy atom. The van der Waals surface area contributed by atoms with E-state index in [0.717, 1.165) is 12.8 Å². The minimum Gasteiger partial charge on any atom is -0.481 e. The number of rotatable bonds is 10. The number of carbonyl (C=O) groups is 2. The fourth-order valence-corrected chi connectivity index (χ4v) is 1.53. The Hall–Kier alpha value is -1.10. The van der Waals surface area contributed by atoms with Crippen molar-refractivity contribution in [3.05, 3.63) is 0 Å². The number of nitrogens with two attached hydrogens (primary N) is 1. The first-order chi connectivity index (χ1) is 8.07. The highest BCUT2D eigenvalue weighted by molar-refractivity contribution is 5.85. The number of hydrogen-bond acceptors (Lipinski definition) is 3. The molecule has 1 atom stereocenters. The Morgan fingerprint density at radius 1 is 1.18 bits per heavy atom. The van der Waals surface area contributed by atoms with Gasteiger partial charge in [-0.05, 0) is 6.42 Å². The van der Waals surface area contributed by atoms with E-state index in [1.165, 1.54) is 25.7 Å². The van der Waals surface area contributed by atoms with E-state index in [1.54, 1.807) is 0 Å². The normalized spacial score (nSPS) is 12.1. The standard InChI is InChI=1S/C12H24N2O3/c1-2-3-4-5-6-7-8-14-12(17)10(13)9-11(15)16/h10H,2-9,13H2,1H3,(H,14,17)(H,15,16). The second kappa shape index (κ2) is 10.1. The fraction of sp³-hybridized carbons (Fsp3) is 0.833. The predicted octanol–water partition coefficient (Wildman–Crippen LogP) is 1.27. The molecule has 0 saturated heterocycles. The average Bonchev–Trinajstić information content (AvgIpc) is 2.26. The van der Waals surface area contributed by atoms with Gasteiger partial charge in [-0.15, -0.1) is 0 Å². The Balaban J connectivity index is 3.41. The molecule has 5 heteroatoms. The van der Waals surface area contributed by atoms with Gasteiger partial charge in [0.2, 0.25) is 5.91 Å². The molecule has 17 heavy (non-hydrogen) atoms. The molecule has 1 amide bonds. The summed E-state index contributed by atoms with van der Waals surface area (Å²) in [6, 6.07) is -0.937. The lowest BCUT2D eigenvalue weighted by Crippen LogP contribution is -2.42. The van der Waals surface area contributed by atoms with Crippen LogP contribution in [0.3, 0.4) is 0 Å². The SMILES string of the molecule is CCCCCCCCNC(=O)C(N)CC(=O)O. The monoisotopic (exact) mass is 244 g/mol. The third kappa shape index (κ3) is 9.81. The molecule has 0 aliphatic heterocycles. The van der Waals surface area contributed by atoms with E-state index >= 15 is 0 Å². The molecule has 0 bridgehead atoms. The van der Waals surface area contributed by atoms with Crippen LogP contribution >= 0.6 is 0 Å². The zero-order valence-corrected chi connectivity index (χ0v) is 10.6. The first-order valence-corrected chi connectivity index (χ1v) is 6.33. The maximum atomic E-state index is 11.3. The summed E-state index contributed by atoms with van der Waals surface area (Å²) in [5.41, 5.74) is 5.41. The largest absolute Gasteiger partial charge is 0.481 e. The summed E-state index contributed by atoms with van der Waals surface area (Å²) >= 11 is 0. The van der Waals surface area contributed by atoms with E-state index in [-0.39, 0.29) is 12.3 Å². The highest BCUT2D eigenvalue weighted by Crippen LogP contribution is 2.04. The quantitative estimate of drug-likeness (QED) is 0.504. The number of aliphatic carboxylic acids is 1. The zero-order chi connectivity index (χ0) is 13.1. The molecule has 0 aromatic rings. The van der Waals surface area contributed by atoms with Crippen LogP contribution in [0.4, 0.5) is 0 Å². The van der Waals surface area contributed by atoms with Crippen LogP contribution in [-0.4, -0.2) is 29.6 Å². The van der Waals surface area contributed by atoms with Gasteiger partial charge in [-0.25, -0.2) is 0 Å². The molecule has 0 fully saturated rings. The van der Waals surface area contributed by atoms with Gasteiger partial charge >= 0.3 is 5.97 Å². The lowest BCUT2D eigenvalue weighted by molar-refractivity contribution is -0.139. The first-order valence-electron chi connectivity index (χ1n) is 6.33. The molecule has 5 nitrogen and oxygen atoms in total. The highest BCUT2D eigenvalue weighted by Gasteiger charge is 2.15. The smallest absolute Gasteiger partial charge is 0.305 e. The van der Waals surface area contributed by atoms with E-state index in [9.17, 15) is 9.59 Å². The van der Waals surface area contributed by atoms with Crippen LogP contribution < -0.4 is 11.1 Å². The third-order valence-electron chi connectivity index (χ3n) is 2.56. The lowest BCUT2D eigenvalue weighted by atomic mass is 10.1. The van der Waals surface area contributed by atoms with Crippen molar-refractivity contribution in [1.29, 1.82) is 0 Å². The molecule has 0 saturated carbocycles. The van der Waals surface area contributed by atoms with Crippen LogP contribution in [0.15, 0.2) is 0 Å². The number of carbonyl (C=O) groups excluding carboxylic acids is 1. The summed E-state index contributed by atoms with van der Waals surface area (Å²) in [6.45, 7) is 2.75. The van der Waals surface area contributed by atoms with Crippen molar-refractivity contribution in [1.82, 2.24) is 5.32 Å². The molecule has 1 unspecified atom stereocenters. The Kier molecular flexibility index (Phi) is 9.43. The van der Waals surface area contributed by atoms with Crippen molar-refractivity contribution in [3.63, 3.8) is 0 Å². The molecule has 0 rings (SSSR count). The number of amides is 1. The van der Waals surface area contributed by atoms with Crippen LogP contribution in [0.25, 0.3) is 0 Å². The van der Waals surface area contributed by atoms with Crippen molar-refractivity contribution in [2.75, 3.05) is 6.54 Å². The van der Waals surface area contributed by atoms with Crippen LogP contribution in [0.2, 0.25) is 0 Å². The topological polar surface area (TPSA) is 92.4 Å². The summed E-state index contributed by atoms with van der Waals surface area (Å²) < 4.78 is 0. The van der Waals surface area contributed by atoms with E-state index in [4.69, 9.17) is 10.8 Å². The van der Waals surface area contributed by atoms with Gasteiger partial charge in [0.15, 0.2) is 0 Å². The first kappa shape index (κ1) is 15.9. The van der Waals surface area contributed by atoms with E-state index in [2.05, 4.69) is 12.2 Å². The Morgan fingerprint density at radius 3 is 2.35 bits per heavy atom. The lowest BCUT2D eigenvalue weighted by Gasteiger charge is -2.09. The molecule has 0 radical (unpaired) electrons. The average molecular weight is 244 g/mol. The highest BCUT2D eigenvalue weighted by atomic mass is 16.4. The van der Waals surface area contributed by atoms with Crippen molar-refractivity contribution in [2.24, 2.45) is 5.73 Å². The number of hydrogen-bond donors (Lipinski definition) is 3. The van der Waals surface area contributed by atoms with Gasteiger partial charge < -0.3 is 16.2 Å². The van der Waals surface area contributed by atoms with Crippen LogP contribution in [0, 0.1) is 0 Å². The predicted molar refractivity (Wildman–Crippen MR) is 66.6 cm³/mol. The van der Waals surface area contributed by atoms with Gasteiger partial charge in [0.1, 0.15) is 0 Å². The van der Waals surface area contributed by atoms with Gasteiger partial charge in [0.05, 0.1) is 12.5 Å². The molecule has 0 aromatic carbocycles. The summed E-state index contributed by atoms with van der Waals surface area (Å²) in [6.07, 6.45) is 6.61. The molecule has 0 aliphatic carbocycles. The van der Waals surface area contributed by atoms with Gasteiger partial charge in [-0.3, -0.25) is 9.59 Å². The summed E-state index contributed by atoms with van der Waals surface area (Å²) in [7, 11) is 0. The van der Waals surface area contributed by atoms with Gasteiger partial charge in [-0.1, -0.05) is 39.0 Å². The van der Waals surface area contributed by atoms with Crippen molar-refractivity contribution in [3.8, 4) is 0 Å². The van der Waals surface area contributed by atoms with Crippen LogP contribution in [0.5, 0.6) is 0 Å². The summed E-state index contributed by atoms with van der Waals surface area (Å²) in [5.74, 6) is -1.42. The van der Waals surface area contributed by atoms with Gasteiger partial charge in [0.25, 0.3) is 0 Å². The number of nitrogens with one attached hydrogen (secondary N) is 1. The van der Waals surface area contributed by atoms with Gasteiger partial charge in [0, 0.05) is 6.54 Å². The molecule has 100 valence electrons. The van der Waals surface area contributed by atoms with Crippen LogP contribution in [0.1, 0.15) is 51.9 Å². The maximum absolute atomic E-state index is 11.3. The van der Waals surface area contributed by atoms with E-state index in [1.807, 2.05) is 0 Å². The minimum atomic E-state index is -1.05. The van der Waals surface area contributed by atoms with E-state index in [0.29, 0.717) is 6.54 Å². The maximum Gasteiger partial charge on any atom is 0.305 e. The van der Waals surface area contributed by atoms with Crippen molar-refractivity contribution >= 4 is 11.9 Å². The zero-order valence-electron chi connectivity index (χ0n) is 10.6. The minimum absolute atomic E-state index is 0.317. The third-order valence-corrected chi connectivity index (χ3v) is 2.56. The second-order valence-corrected chi connectivity index (χ2v) is 4.26. The molecule has 0 spiro atoms. The number of carboxylic acids is 1. The van der Waals surface area contributed by atoms with Crippen molar-refractivity contribution < 1.29 is 14.7 Å². The molecule has 0 aromatic heterocycles. The van der Waals surface area contributed by atoms with Crippen molar-refractivity contribution in [2.45, 2.75) is 57.9 Å². The molecule has 0 aliphatic rings. The Bertz CT molecular complexity index is 232. The van der Waals surface area contributed by atoms with Gasteiger partial charge in [-0.2, -0.15) is 0 Å². The molecular weight excluding hydrogens is 220 g/mol.